The average molecular weight is 482 g/mol. The van der Waals surface area contributed by atoms with Crippen molar-refractivity contribution < 1.29 is 18.0 Å². The molecule has 1 amide bonds. The summed E-state index contributed by atoms with van der Waals surface area (Å²) in [5, 5.41) is 6.23. The Morgan fingerprint density at radius 1 is 0.943 bits per heavy atom. The van der Waals surface area contributed by atoms with Gasteiger partial charge in [-0.15, -0.1) is 0 Å². The minimum absolute atomic E-state index is 0.0243. The highest BCUT2D eigenvalue weighted by atomic mass is 19.4. The molecule has 1 aliphatic heterocycles. The first-order valence-electron chi connectivity index (χ1n) is 11.8. The Morgan fingerprint density at radius 2 is 1.51 bits per heavy atom. The van der Waals surface area contributed by atoms with Crippen molar-refractivity contribution in [2.45, 2.75) is 37.1 Å². The van der Waals surface area contributed by atoms with Crippen molar-refractivity contribution in [1.29, 1.82) is 0 Å². The molecule has 0 unspecified atom stereocenters. The quantitative estimate of drug-likeness (QED) is 0.485. The van der Waals surface area contributed by atoms with Crippen LogP contribution in [0.15, 0.2) is 84.9 Å². The number of hydrogen-bond donors (Lipinski definition) is 2. The highest BCUT2D eigenvalue weighted by Gasteiger charge is 2.37. The fraction of sp³-hybridized carbons (Fsp3) is 0.321. The summed E-state index contributed by atoms with van der Waals surface area (Å²) >= 11 is 0. The van der Waals surface area contributed by atoms with Gasteiger partial charge in [0.05, 0.1) is 11.6 Å². The number of rotatable bonds is 8. The SMILES string of the molecule is CNC(=O)[C@@H]1C[C@@H](NCc2ccc(C(F)(F)F)cc2)CN1CC(c1ccccc1)c1ccccc1. The van der Waals surface area contributed by atoms with Crippen LogP contribution in [0, 0.1) is 0 Å². The highest BCUT2D eigenvalue weighted by Crippen LogP contribution is 2.30. The summed E-state index contributed by atoms with van der Waals surface area (Å²) in [6.45, 7) is 1.80. The minimum Gasteiger partial charge on any atom is -0.358 e. The molecule has 0 aromatic heterocycles. The second kappa shape index (κ2) is 11.1. The Balaban J connectivity index is 1.47. The summed E-state index contributed by atoms with van der Waals surface area (Å²) in [5.41, 5.74) is 2.51. The molecule has 2 atom stereocenters. The molecule has 184 valence electrons. The molecule has 0 radical (unpaired) electrons. The van der Waals surface area contributed by atoms with Crippen LogP contribution in [0.4, 0.5) is 13.2 Å². The molecule has 3 aromatic rings. The van der Waals surface area contributed by atoms with E-state index < -0.39 is 11.7 Å². The largest absolute Gasteiger partial charge is 0.416 e. The van der Waals surface area contributed by atoms with E-state index in [-0.39, 0.29) is 23.9 Å². The lowest BCUT2D eigenvalue weighted by molar-refractivity contribution is -0.137. The van der Waals surface area contributed by atoms with Crippen molar-refractivity contribution in [3.8, 4) is 0 Å². The summed E-state index contributed by atoms with van der Waals surface area (Å²) in [7, 11) is 1.65. The summed E-state index contributed by atoms with van der Waals surface area (Å²) < 4.78 is 38.5. The molecule has 1 heterocycles. The third-order valence-electron chi connectivity index (χ3n) is 6.65. The average Bonchev–Trinajstić information content (AvgIpc) is 3.29. The van der Waals surface area contributed by atoms with Gasteiger partial charge in [0, 0.05) is 38.6 Å². The number of hydrogen-bond acceptors (Lipinski definition) is 3. The maximum atomic E-state index is 12.8. The summed E-state index contributed by atoms with van der Waals surface area (Å²) in [4.78, 5) is 15.0. The number of benzene rings is 3. The summed E-state index contributed by atoms with van der Waals surface area (Å²) in [5.74, 6) is 0.0851. The first-order chi connectivity index (χ1) is 16.8. The lowest BCUT2D eigenvalue weighted by Crippen LogP contribution is -2.43. The molecule has 35 heavy (non-hydrogen) atoms. The molecule has 3 aromatic carbocycles. The highest BCUT2D eigenvalue weighted by molar-refractivity contribution is 5.81. The fourth-order valence-corrected chi connectivity index (χ4v) is 4.77. The van der Waals surface area contributed by atoms with Gasteiger partial charge in [-0.1, -0.05) is 72.8 Å². The van der Waals surface area contributed by atoms with Crippen LogP contribution in [0.1, 0.15) is 34.6 Å². The zero-order valence-electron chi connectivity index (χ0n) is 19.6. The van der Waals surface area contributed by atoms with E-state index in [1.54, 1.807) is 7.05 Å². The number of likely N-dealkylation sites (N-methyl/N-ethyl adjacent to an activating group) is 1. The van der Waals surface area contributed by atoms with Crippen LogP contribution < -0.4 is 10.6 Å². The first kappa shape index (κ1) is 24.9. The second-order valence-electron chi connectivity index (χ2n) is 8.97. The molecular formula is C28H30F3N3O. The van der Waals surface area contributed by atoms with Gasteiger partial charge in [-0.05, 0) is 35.2 Å². The van der Waals surface area contributed by atoms with E-state index in [1.165, 1.54) is 23.3 Å². The van der Waals surface area contributed by atoms with Gasteiger partial charge in [-0.3, -0.25) is 9.69 Å². The number of halogens is 3. The van der Waals surface area contributed by atoms with E-state index in [1.807, 2.05) is 36.4 Å². The first-order valence-corrected chi connectivity index (χ1v) is 11.8. The number of carbonyl (C=O) groups excluding carboxylic acids is 1. The molecule has 0 aliphatic carbocycles. The van der Waals surface area contributed by atoms with Crippen molar-refractivity contribution >= 4 is 5.91 Å². The molecule has 0 bridgehead atoms. The predicted octanol–water partition coefficient (Wildman–Crippen LogP) is 4.82. The van der Waals surface area contributed by atoms with Crippen molar-refractivity contribution in [3.05, 3.63) is 107 Å². The van der Waals surface area contributed by atoms with Crippen LogP contribution >= 0.6 is 0 Å². The molecule has 7 heteroatoms. The second-order valence-corrected chi connectivity index (χ2v) is 8.97. The zero-order chi connectivity index (χ0) is 24.8. The Bertz CT molecular complexity index is 1050. The monoisotopic (exact) mass is 481 g/mol. The fourth-order valence-electron chi connectivity index (χ4n) is 4.77. The molecule has 0 spiro atoms. The van der Waals surface area contributed by atoms with Gasteiger partial charge in [0.15, 0.2) is 0 Å². The van der Waals surface area contributed by atoms with E-state index in [9.17, 15) is 18.0 Å². The maximum Gasteiger partial charge on any atom is 0.416 e. The van der Waals surface area contributed by atoms with Gasteiger partial charge in [-0.25, -0.2) is 0 Å². The number of carbonyl (C=O) groups is 1. The van der Waals surface area contributed by atoms with Crippen LogP contribution in [0.25, 0.3) is 0 Å². The van der Waals surface area contributed by atoms with Crippen LogP contribution in [-0.4, -0.2) is 43.0 Å². The lowest BCUT2D eigenvalue weighted by Gasteiger charge is -2.28. The van der Waals surface area contributed by atoms with Crippen molar-refractivity contribution in [2.24, 2.45) is 0 Å². The van der Waals surface area contributed by atoms with Gasteiger partial charge in [0.2, 0.25) is 5.91 Å². The number of nitrogens with zero attached hydrogens (tertiary/aromatic N) is 1. The molecule has 1 aliphatic rings. The van der Waals surface area contributed by atoms with E-state index in [2.05, 4.69) is 39.8 Å². The van der Waals surface area contributed by atoms with Gasteiger partial charge >= 0.3 is 6.18 Å². The van der Waals surface area contributed by atoms with Crippen LogP contribution in [-0.2, 0) is 17.5 Å². The number of alkyl halides is 3. The molecule has 1 fully saturated rings. The summed E-state index contributed by atoms with van der Waals surface area (Å²) in [6.07, 6.45) is -3.71. The zero-order valence-corrected chi connectivity index (χ0v) is 19.6. The maximum absolute atomic E-state index is 12.8. The van der Waals surface area contributed by atoms with Gasteiger partial charge in [0.25, 0.3) is 0 Å². The molecule has 1 saturated heterocycles. The smallest absolute Gasteiger partial charge is 0.358 e. The van der Waals surface area contributed by atoms with E-state index >= 15 is 0 Å². The van der Waals surface area contributed by atoms with Crippen LogP contribution in [0.2, 0.25) is 0 Å². The van der Waals surface area contributed by atoms with E-state index in [4.69, 9.17) is 0 Å². The third-order valence-corrected chi connectivity index (χ3v) is 6.65. The van der Waals surface area contributed by atoms with Gasteiger partial charge in [-0.2, -0.15) is 13.2 Å². The molecule has 4 nitrogen and oxygen atoms in total. The topological polar surface area (TPSA) is 44.4 Å². The Kier molecular flexibility index (Phi) is 7.88. The minimum atomic E-state index is -4.34. The number of nitrogens with one attached hydrogen (secondary N) is 2. The van der Waals surface area contributed by atoms with Crippen molar-refractivity contribution in [1.82, 2.24) is 15.5 Å². The molecule has 4 rings (SSSR count). The van der Waals surface area contributed by atoms with Gasteiger partial charge in [0.1, 0.15) is 0 Å². The number of likely N-dealkylation sites (tertiary alicyclic amines) is 1. The van der Waals surface area contributed by atoms with Crippen LogP contribution in [0.5, 0.6) is 0 Å². The Hall–Kier alpha value is -3.16. The van der Waals surface area contributed by atoms with E-state index in [0.29, 0.717) is 26.1 Å². The van der Waals surface area contributed by atoms with Crippen LogP contribution in [0.3, 0.4) is 0 Å². The van der Waals surface area contributed by atoms with Gasteiger partial charge < -0.3 is 10.6 Å². The van der Waals surface area contributed by atoms with Crippen molar-refractivity contribution in [2.75, 3.05) is 20.1 Å². The van der Waals surface area contributed by atoms with Crippen molar-refractivity contribution in [3.63, 3.8) is 0 Å². The molecule has 0 saturated carbocycles. The molecule has 2 N–H and O–H groups in total. The Morgan fingerprint density at radius 3 is 2.03 bits per heavy atom. The number of amides is 1. The third kappa shape index (κ3) is 6.29. The Labute approximate surface area is 204 Å². The lowest BCUT2D eigenvalue weighted by atomic mass is 9.90. The summed E-state index contributed by atoms with van der Waals surface area (Å²) in [6, 6.07) is 25.5. The normalized spacial score (nSPS) is 18.7. The van der Waals surface area contributed by atoms with E-state index in [0.717, 1.165) is 17.7 Å². The molecular weight excluding hydrogens is 451 g/mol. The standard InChI is InChI=1S/C28H30F3N3O/c1-32-27(35)26-16-24(33-17-20-12-14-23(15-13-20)28(29,30)31)18-34(26)19-25(21-8-4-2-5-9-21)22-10-6-3-7-11-22/h2-15,24-26,33H,16-19H2,1H3,(H,32,35)/t24-,26+/m1/s1. The predicted molar refractivity (Wildman–Crippen MR) is 131 cm³/mol.